The van der Waals surface area contributed by atoms with Crippen molar-refractivity contribution < 1.29 is 0 Å². The fourth-order valence-electron chi connectivity index (χ4n) is 1.62. The number of para-hydroxylation sites is 2. The Balaban J connectivity index is 2.72. The maximum atomic E-state index is 4.53. The predicted octanol–water partition coefficient (Wildman–Crippen LogP) is 1.94. The molecule has 0 atom stereocenters. The number of imidazole rings is 1. The number of fused-ring (bicyclic) bond motifs is 1. The number of hydrogen-bond acceptors (Lipinski definition) is 2. The lowest BCUT2D eigenvalue weighted by Gasteiger charge is -2.12. The first-order valence-corrected chi connectivity index (χ1v) is 4.66. The highest BCUT2D eigenvalue weighted by molar-refractivity contribution is 5.78. The minimum atomic E-state index is 0.702. The molecule has 3 nitrogen and oxygen atoms in total. The van der Waals surface area contributed by atoms with Crippen molar-refractivity contribution >= 4 is 17.0 Å². The molecule has 0 unspecified atom stereocenters. The molecule has 73 valence electrons. The Bertz CT molecular complexity index is 443. The zero-order valence-electron chi connectivity index (χ0n) is 8.57. The SMILES string of the molecule is [CH2]Cn1c(N(C)C)nc2ccccc21. The second kappa shape index (κ2) is 3.33. The molecule has 1 radical (unpaired) electrons. The van der Waals surface area contributed by atoms with Crippen LogP contribution in [0.25, 0.3) is 11.0 Å². The minimum Gasteiger partial charge on any atom is -0.348 e. The summed E-state index contributed by atoms with van der Waals surface area (Å²) in [6.45, 7) is 4.62. The van der Waals surface area contributed by atoms with E-state index in [9.17, 15) is 0 Å². The van der Waals surface area contributed by atoms with Crippen LogP contribution < -0.4 is 4.90 Å². The average Bonchev–Trinajstić information content (AvgIpc) is 2.56. The molecule has 0 saturated heterocycles. The first kappa shape index (κ1) is 9.06. The maximum Gasteiger partial charge on any atom is 0.206 e. The Labute approximate surface area is 84.0 Å². The molecule has 0 aliphatic rings. The third kappa shape index (κ3) is 1.25. The monoisotopic (exact) mass is 188 g/mol. The normalized spacial score (nSPS) is 10.8. The van der Waals surface area contributed by atoms with Gasteiger partial charge in [-0.05, 0) is 19.1 Å². The van der Waals surface area contributed by atoms with Crippen LogP contribution in [-0.2, 0) is 6.54 Å². The van der Waals surface area contributed by atoms with Crippen molar-refractivity contribution in [2.75, 3.05) is 19.0 Å². The first-order chi connectivity index (χ1) is 6.74. The lowest BCUT2D eigenvalue weighted by atomic mass is 10.3. The Morgan fingerprint density at radius 3 is 2.71 bits per heavy atom. The van der Waals surface area contributed by atoms with Gasteiger partial charge < -0.3 is 9.47 Å². The van der Waals surface area contributed by atoms with Gasteiger partial charge in [-0.25, -0.2) is 4.98 Å². The molecule has 2 rings (SSSR count). The van der Waals surface area contributed by atoms with Crippen LogP contribution >= 0.6 is 0 Å². The van der Waals surface area contributed by atoms with E-state index in [1.165, 1.54) is 0 Å². The Morgan fingerprint density at radius 1 is 1.36 bits per heavy atom. The van der Waals surface area contributed by atoms with E-state index in [1.54, 1.807) is 0 Å². The van der Waals surface area contributed by atoms with Crippen molar-refractivity contribution in [2.45, 2.75) is 6.54 Å². The molecule has 3 heteroatoms. The molecule has 0 aliphatic heterocycles. The average molecular weight is 188 g/mol. The van der Waals surface area contributed by atoms with Crippen LogP contribution in [0, 0.1) is 6.92 Å². The van der Waals surface area contributed by atoms with E-state index in [-0.39, 0.29) is 0 Å². The lowest BCUT2D eigenvalue weighted by molar-refractivity contribution is 0.818. The van der Waals surface area contributed by atoms with E-state index < -0.39 is 0 Å². The number of nitrogens with zero attached hydrogens (tertiary/aromatic N) is 3. The van der Waals surface area contributed by atoms with Gasteiger partial charge >= 0.3 is 0 Å². The third-order valence-corrected chi connectivity index (χ3v) is 2.26. The maximum absolute atomic E-state index is 4.53. The molecule has 0 amide bonds. The summed E-state index contributed by atoms with van der Waals surface area (Å²) in [5.74, 6) is 0.959. The summed E-state index contributed by atoms with van der Waals surface area (Å²) in [6.07, 6.45) is 0. The summed E-state index contributed by atoms with van der Waals surface area (Å²) < 4.78 is 2.11. The standard InChI is InChI=1S/C11H14N3/c1-4-14-10-8-6-5-7-9(10)12-11(14)13(2)3/h5-8H,1,4H2,2-3H3. The second-order valence-corrected chi connectivity index (χ2v) is 3.45. The van der Waals surface area contributed by atoms with Gasteiger partial charge in [0, 0.05) is 20.6 Å². The van der Waals surface area contributed by atoms with Crippen LogP contribution in [0.15, 0.2) is 24.3 Å². The van der Waals surface area contributed by atoms with E-state index in [1.807, 2.05) is 37.2 Å². The van der Waals surface area contributed by atoms with Crippen LogP contribution in [0.1, 0.15) is 0 Å². The zero-order valence-corrected chi connectivity index (χ0v) is 8.57. The molecule has 1 aromatic carbocycles. The molecular weight excluding hydrogens is 174 g/mol. The molecule has 0 aliphatic carbocycles. The van der Waals surface area contributed by atoms with Crippen molar-refractivity contribution in [1.29, 1.82) is 0 Å². The van der Waals surface area contributed by atoms with Gasteiger partial charge in [0.1, 0.15) is 0 Å². The van der Waals surface area contributed by atoms with Gasteiger partial charge in [0.15, 0.2) is 0 Å². The fourth-order valence-corrected chi connectivity index (χ4v) is 1.62. The number of aromatic nitrogens is 2. The molecule has 0 bridgehead atoms. The summed E-state index contributed by atoms with van der Waals surface area (Å²) in [6, 6.07) is 8.12. The number of hydrogen-bond donors (Lipinski definition) is 0. The molecule has 1 aromatic heterocycles. The fraction of sp³-hybridized carbons (Fsp3) is 0.273. The highest BCUT2D eigenvalue weighted by Crippen LogP contribution is 2.20. The van der Waals surface area contributed by atoms with Crippen LogP contribution in [-0.4, -0.2) is 23.6 Å². The highest BCUT2D eigenvalue weighted by Gasteiger charge is 2.09. The van der Waals surface area contributed by atoms with Crippen molar-refractivity contribution in [2.24, 2.45) is 0 Å². The van der Waals surface area contributed by atoms with Crippen molar-refractivity contribution in [1.82, 2.24) is 9.55 Å². The van der Waals surface area contributed by atoms with Crippen molar-refractivity contribution in [3.63, 3.8) is 0 Å². The molecule has 0 spiro atoms. The topological polar surface area (TPSA) is 21.1 Å². The summed E-state index contributed by atoms with van der Waals surface area (Å²) in [7, 11) is 3.99. The molecule has 0 fully saturated rings. The Hall–Kier alpha value is -1.51. The number of benzene rings is 1. The van der Waals surface area contributed by atoms with E-state index in [4.69, 9.17) is 0 Å². The van der Waals surface area contributed by atoms with Gasteiger partial charge in [-0.15, -0.1) is 0 Å². The van der Waals surface area contributed by atoms with Crippen LogP contribution in [0.2, 0.25) is 0 Å². The van der Waals surface area contributed by atoms with Crippen LogP contribution in [0.4, 0.5) is 5.95 Å². The largest absolute Gasteiger partial charge is 0.348 e. The Kier molecular flexibility index (Phi) is 2.15. The van der Waals surface area contributed by atoms with E-state index in [0.29, 0.717) is 6.54 Å². The molecule has 14 heavy (non-hydrogen) atoms. The van der Waals surface area contributed by atoms with E-state index >= 15 is 0 Å². The highest BCUT2D eigenvalue weighted by atomic mass is 15.3. The van der Waals surface area contributed by atoms with Gasteiger partial charge in [-0.1, -0.05) is 12.1 Å². The summed E-state index contributed by atoms with van der Waals surface area (Å²) in [4.78, 5) is 6.54. The first-order valence-electron chi connectivity index (χ1n) is 4.66. The lowest BCUT2D eigenvalue weighted by Crippen LogP contribution is -2.14. The number of anilines is 1. The smallest absolute Gasteiger partial charge is 0.206 e. The van der Waals surface area contributed by atoms with E-state index in [0.717, 1.165) is 17.0 Å². The van der Waals surface area contributed by atoms with Gasteiger partial charge in [-0.2, -0.15) is 0 Å². The summed E-state index contributed by atoms with van der Waals surface area (Å²) >= 11 is 0. The van der Waals surface area contributed by atoms with Gasteiger partial charge in [0.2, 0.25) is 5.95 Å². The van der Waals surface area contributed by atoms with Crippen molar-refractivity contribution in [3.05, 3.63) is 31.2 Å². The Morgan fingerprint density at radius 2 is 2.07 bits per heavy atom. The number of rotatable bonds is 2. The van der Waals surface area contributed by atoms with Crippen LogP contribution in [0.5, 0.6) is 0 Å². The van der Waals surface area contributed by atoms with Gasteiger partial charge in [-0.3, -0.25) is 0 Å². The molecule has 2 aromatic rings. The molecule has 0 N–H and O–H groups in total. The molecular formula is C11H14N3. The van der Waals surface area contributed by atoms with Gasteiger partial charge in [0.25, 0.3) is 0 Å². The van der Waals surface area contributed by atoms with Crippen LogP contribution in [0.3, 0.4) is 0 Å². The summed E-state index contributed by atoms with van der Waals surface area (Å²) in [5.41, 5.74) is 2.17. The zero-order chi connectivity index (χ0) is 10.1. The van der Waals surface area contributed by atoms with Crippen molar-refractivity contribution in [3.8, 4) is 0 Å². The second-order valence-electron chi connectivity index (χ2n) is 3.45. The summed E-state index contributed by atoms with van der Waals surface area (Å²) in [5, 5.41) is 0. The predicted molar refractivity (Wildman–Crippen MR) is 59.4 cm³/mol. The quantitative estimate of drug-likeness (QED) is 0.718. The van der Waals surface area contributed by atoms with Gasteiger partial charge in [0.05, 0.1) is 11.0 Å². The third-order valence-electron chi connectivity index (χ3n) is 2.26. The minimum absolute atomic E-state index is 0.702. The molecule has 1 heterocycles. The van der Waals surface area contributed by atoms with E-state index in [2.05, 4.69) is 22.5 Å². The molecule has 0 saturated carbocycles.